The van der Waals surface area contributed by atoms with Gasteiger partial charge in [0, 0.05) is 44.0 Å². The van der Waals surface area contributed by atoms with Crippen LogP contribution < -0.4 is 4.90 Å². The van der Waals surface area contributed by atoms with E-state index in [2.05, 4.69) is 25.8 Å². The second kappa shape index (κ2) is 6.34. The minimum absolute atomic E-state index is 0.0610. The number of rotatable bonds is 3. The van der Waals surface area contributed by atoms with Gasteiger partial charge in [0.1, 0.15) is 11.9 Å². The van der Waals surface area contributed by atoms with E-state index in [1.807, 2.05) is 17.0 Å². The molecule has 0 unspecified atom stereocenters. The van der Waals surface area contributed by atoms with Crippen molar-refractivity contribution in [2.24, 2.45) is 0 Å². The molecule has 1 saturated heterocycles. The van der Waals surface area contributed by atoms with E-state index in [1.165, 1.54) is 0 Å². The SMILES string of the molecule is CO[C@@H](C)C(=O)N1CCN(c2ccc(Br)cn2)CC1. The van der Waals surface area contributed by atoms with Gasteiger partial charge >= 0.3 is 0 Å². The fourth-order valence-corrected chi connectivity index (χ4v) is 2.30. The summed E-state index contributed by atoms with van der Waals surface area (Å²) in [6.45, 7) is 4.81. The summed E-state index contributed by atoms with van der Waals surface area (Å²) < 4.78 is 6.04. The highest BCUT2D eigenvalue weighted by atomic mass is 79.9. The Hall–Kier alpha value is -1.14. The summed E-state index contributed by atoms with van der Waals surface area (Å²) in [7, 11) is 1.56. The minimum Gasteiger partial charge on any atom is -0.372 e. The van der Waals surface area contributed by atoms with E-state index in [9.17, 15) is 4.79 Å². The van der Waals surface area contributed by atoms with Gasteiger partial charge in [-0.2, -0.15) is 0 Å². The van der Waals surface area contributed by atoms with Crippen molar-refractivity contribution in [3.8, 4) is 0 Å². The third-order valence-electron chi connectivity index (χ3n) is 3.33. The van der Waals surface area contributed by atoms with Crippen LogP contribution in [0.15, 0.2) is 22.8 Å². The number of aromatic nitrogens is 1. The molecule has 1 fully saturated rings. The number of anilines is 1. The molecule has 2 heterocycles. The molecule has 1 aromatic heterocycles. The molecule has 1 aliphatic heterocycles. The van der Waals surface area contributed by atoms with Crippen LogP contribution in [0.25, 0.3) is 0 Å². The minimum atomic E-state index is -0.364. The summed E-state index contributed by atoms with van der Waals surface area (Å²) in [5.41, 5.74) is 0. The van der Waals surface area contributed by atoms with Crippen LogP contribution in [0.4, 0.5) is 5.82 Å². The maximum atomic E-state index is 12.0. The second-order valence-corrected chi connectivity index (χ2v) is 5.44. The Labute approximate surface area is 121 Å². The number of piperazine rings is 1. The molecule has 1 aliphatic rings. The summed E-state index contributed by atoms with van der Waals surface area (Å²) in [5.74, 6) is 1.01. The highest BCUT2D eigenvalue weighted by Crippen LogP contribution is 2.16. The van der Waals surface area contributed by atoms with Gasteiger partial charge in [-0.15, -0.1) is 0 Å². The van der Waals surface area contributed by atoms with Crippen LogP contribution in [0.3, 0.4) is 0 Å². The zero-order valence-corrected chi connectivity index (χ0v) is 12.8. The standard InChI is InChI=1S/C13H18BrN3O2/c1-10(19-2)13(18)17-7-5-16(6-8-17)12-4-3-11(14)9-15-12/h3-4,9-10H,5-8H2,1-2H3/t10-/m0/s1. The van der Waals surface area contributed by atoms with E-state index in [4.69, 9.17) is 4.74 Å². The second-order valence-electron chi connectivity index (χ2n) is 4.52. The average Bonchev–Trinajstić information content (AvgIpc) is 2.46. The predicted octanol–water partition coefficient (Wildman–Crippen LogP) is 1.53. The first-order valence-electron chi connectivity index (χ1n) is 6.30. The number of carbonyl (C=O) groups is 1. The highest BCUT2D eigenvalue weighted by Gasteiger charge is 2.25. The molecule has 0 aliphatic carbocycles. The zero-order valence-electron chi connectivity index (χ0n) is 11.2. The van der Waals surface area contributed by atoms with Gasteiger partial charge in [-0.25, -0.2) is 4.98 Å². The lowest BCUT2D eigenvalue weighted by Crippen LogP contribution is -2.51. The monoisotopic (exact) mass is 327 g/mol. The molecule has 2 rings (SSSR count). The first-order valence-corrected chi connectivity index (χ1v) is 7.09. The lowest BCUT2D eigenvalue weighted by molar-refractivity contribution is -0.141. The maximum Gasteiger partial charge on any atom is 0.251 e. The lowest BCUT2D eigenvalue weighted by Gasteiger charge is -2.36. The molecule has 1 amide bonds. The number of nitrogens with zero attached hydrogens (tertiary/aromatic N) is 3. The van der Waals surface area contributed by atoms with Crippen molar-refractivity contribution in [3.63, 3.8) is 0 Å². The predicted molar refractivity (Wildman–Crippen MR) is 77.2 cm³/mol. The van der Waals surface area contributed by atoms with Crippen LogP contribution in [-0.4, -0.2) is 55.2 Å². The Morgan fingerprint density at radius 1 is 1.37 bits per heavy atom. The van der Waals surface area contributed by atoms with Gasteiger partial charge in [-0.05, 0) is 35.0 Å². The Morgan fingerprint density at radius 2 is 2.05 bits per heavy atom. The van der Waals surface area contributed by atoms with Gasteiger partial charge in [-0.3, -0.25) is 4.79 Å². The topological polar surface area (TPSA) is 45.7 Å². The fourth-order valence-electron chi connectivity index (χ4n) is 2.07. The summed E-state index contributed by atoms with van der Waals surface area (Å²) in [6, 6.07) is 3.96. The van der Waals surface area contributed by atoms with E-state index >= 15 is 0 Å². The highest BCUT2D eigenvalue weighted by molar-refractivity contribution is 9.10. The number of hydrogen-bond acceptors (Lipinski definition) is 4. The third kappa shape index (κ3) is 3.45. The van der Waals surface area contributed by atoms with Gasteiger partial charge < -0.3 is 14.5 Å². The van der Waals surface area contributed by atoms with Crippen LogP contribution in [0.2, 0.25) is 0 Å². The van der Waals surface area contributed by atoms with E-state index < -0.39 is 0 Å². The van der Waals surface area contributed by atoms with E-state index in [-0.39, 0.29) is 12.0 Å². The molecule has 0 radical (unpaired) electrons. The van der Waals surface area contributed by atoms with Crippen LogP contribution in [0.5, 0.6) is 0 Å². The summed E-state index contributed by atoms with van der Waals surface area (Å²) in [4.78, 5) is 20.4. The number of amides is 1. The number of halogens is 1. The first kappa shape index (κ1) is 14.3. The smallest absolute Gasteiger partial charge is 0.251 e. The van der Waals surface area contributed by atoms with E-state index in [0.717, 1.165) is 23.4 Å². The Morgan fingerprint density at radius 3 is 2.58 bits per heavy atom. The van der Waals surface area contributed by atoms with Crippen molar-refractivity contribution in [2.45, 2.75) is 13.0 Å². The molecule has 6 heteroatoms. The quantitative estimate of drug-likeness (QED) is 0.844. The van der Waals surface area contributed by atoms with Crippen LogP contribution in [0, 0.1) is 0 Å². The normalized spacial score (nSPS) is 17.4. The van der Waals surface area contributed by atoms with E-state index in [1.54, 1.807) is 20.2 Å². The molecule has 0 N–H and O–H groups in total. The molecule has 0 bridgehead atoms. The average molecular weight is 328 g/mol. The lowest BCUT2D eigenvalue weighted by atomic mass is 10.2. The zero-order chi connectivity index (χ0) is 13.8. The molecule has 19 heavy (non-hydrogen) atoms. The molecule has 0 saturated carbocycles. The molecule has 1 aromatic rings. The van der Waals surface area contributed by atoms with Gasteiger partial charge in [0.05, 0.1) is 0 Å². The van der Waals surface area contributed by atoms with Crippen LogP contribution in [-0.2, 0) is 9.53 Å². The largest absolute Gasteiger partial charge is 0.372 e. The Bertz CT molecular complexity index is 430. The van der Waals surface area contributed by atoms with Crippen molar-refractivity contribution in [1.29, 1.82) is 0 Å². The van der Waals surface area contributed by atoms with Crippen molar-refractivity contribution in [3.05, 3.63) is 22.8 Å². The summed E-state index contributed by atoms with van der Waals surface area (Å²) in [6.07, 6.45) is 1.43. The van der Waals surface area contributed by atoms with Crippen LogP contribution in [0.1, 0.15) is 6.92 Å². The maximum absolute atomic E-state index is 12.0. The number of ether oxygens (including phenoxy) is 1. The van der Waals surface area contributed by atoms with Crippen molar-refractivity contribution < 1.29 is 9.53 Å². The first-order chi connectivity index (χ1) is 9.11. The Kier molecular flexibility index (Phi) is 4.76. The number of pyridine rings is 1. The van der Waals surface area contributed by atoms with Gasteiger partial charge in [-0.1, -0.05) is 0 Å². The fraction of sp³-hybridized carbons (Fsp3) is 0.538. The summed E-state index contributed by atoms with van der Waals surface area (Å²) in [5, 5.41) is 0. The van der Waals surface area contributed by atoms with Gasteiger partial charge in [0.15, 0.2) is 0 Å². The third-order valence-corrected chi connectivity index (χ3v) is 3.80. The molecule has 0 spiro atoms. The number of hydrogen-bond donors (Lipinski definition) is 0. The van der Waals surface area contributed by atoms with Crippen molar-refractivity contribution in [2.75, 3.05) is 38.2 Å². The number of carbonyl (C=O) groups excluding carboxylic acids is 1. The van der Waals surface area contributed by atoms with Crippen molar-refractivity contribution >= 4 is 27.7 Å². The molecule has 1 atom stereocenters. The Balaban J connectivity index is 1.92. The van der Waals surface area contributed by atoms with Crippen molar-refractivity contribution in [1.82, 2.24) is 9.88 Å². The molecule has 104 valence electrons. The number of methoxy groups -OCH3 is 1. The molecule has 0 aromatic carbocycles. The van der Waals surface area contributed by atoms with E-state index in [0.29, 0.717) is 13.1 Å². The molecule has 5 nitrogen and oxygen atoms in total. The molecular weight excluding hydrogens is 310 g/mol. The van der Waals surface area contributed by atoms with Crippen LogP contribution >= 0.6 is 15.9 Å². The van der Waals surface area contributed by atoms with Gasteiger partial charge in [0.25, 0.3) is 5.91 Å². The van der Waals surface area contributed by atoms with Gasteiger partial charge in [0.2, 0.25) is 0 Å². The molecular formula is C13H18BrN3O2. The summed E-state index contributed by atoms with van der Waals surface area (Å²) >= 11 is 3.37.